The van der Waals surface area contributed by atoms with E-state index in [4.69, 9.17) is 9.15 Å². The van der Waals surface area contributed by atoms with E-state index in [0.29, 0.717) is 29.1 Å². The lowest BCUT2D eigenvalue weighted by Crippen LogP contribution is -2.18. The number of hydrogen-bond acceptors (Lipinski definition) is 3. The Morgan fingerprint density at radius 1 is 1.19 bits per heavy atom. The quantitative estimate of drug-likeness (QED) is 0.485. The first-order chi connectivity index (χ1) is 13.2. The van der Waals surface area contributed by atoms with Gasteiger partial charge in [0.25, 0.3) is 5.91 Å². The number of ether oxygens (including phenoxy) is 1. The zero-order valence-electron chi connectivity index (χ0n) is 14.7. The Morgan fingerprint density at radius 2 is 2.00 bits per heavy atom. The number of furan rings is 1. The van der Waals surface area contributed by atoms with Crippen molar-refractivity contribution >= 4 is 38.6 Å². The first-order valence-corrected chi connectivity index (χ1v) is 9.27. The van der Waals surface area contributed by atoms with Gasteiger partial charge in [0.15, 0.2) is 10.3 Å². The lowest BCUT2D eigenvalue weighted by Gasteiger charge is -2.11. The molecule has 0 bridgehead atoms. The molecule has 1 aromatic carbocycles. The van der Waals surface area contributed by atoms with Crippen LogP contribution in [0.3, 0.4) is 0 Å². The molecular weight excluding hydrogens is 410 g/mol. The van der Waals surface area contributed by atoms with Crippen LogP contribution in [0.15, 0.2) is 70.0 Å². The number of carbonyl (C=O) groups excluding carboxylic acids is 1. The highest BCUT2D eigenvalue weighted by Gasteiger charge is 2.19. The molecule has 0 aliphatic heterocycles. The van der Waals surface area contributed by atoms with Gasteiger partial charge in [0, 0.05) is 49.6 Å². The predicted octanol–water partition coefficient (Wildman–Crippen LogP) is 4.69. The summed E-state index contributed by atoms with van der Waals surface area (Å²) in [6.07, 6.45) is 3.92. The third kappa shape index (κ3) is 3.56. The summed E-state index contributed by atoms with van der Waals surface area (Å²) in [6.45, 7) is 1.05. The van der Waals surface area contributed by atoms with E-state index in [1.165, 1.54) is 0 Å². The third-order valence-corrected chi connectivity index (χ3v) is 4.71. The smallest absolute Gasteiger partial charge is 0.272 e. The maximum atomic E-state index is 12.9. The fraction of sp³-hybridized carbons (Fsp3) is 0.150. The maximum absolute atomic E-state index is 12.9. The SMILES string of the molecule is COCCn1c(C(=O)Nc2cccc(-n3cccc3)c2)cc2oc(Br)cc21. The molecule has 7 heteroatoms. The average Bonchev–Trinajstić information content (AvgIpc) is 3.36. The lowest BCUT2D eigenvalue weighted by molar-refractivity contribution is 0.101. The molecule has 4 rings (SSSR count). The molecule has 0 saturated carbocycles. The molecule has 0 atom stereocenters. The summed E-state index contributed by atoms with van der Waals surface area (Å²) in [5, 5.41) is 2.98. The zero-order valence-corrected chi connectivity index (χ0v) is 16.3. The zero-order chi connectivity index (χ0) is 18.8. The van der Waals surface area contributed by atoms with Gasteiger partial charge >= 0.3 is 0 Å². The Balaban J connectivity index is 1.63. The van der Waals surface area contributed by atoms with E-state index >= 15 is 0 Å². The van der Waals surface area contributed by atoms with Gasteiger partial charge in [-0.25, -0.2) is 0 Å². The summed E-state index contributed by atoms with van der Waals surface area (Å²) >= 11 is 3.33. The number of nitrogens with zero attached hydrogens (tertiary/aromatic N) is 2. The minimum Gasteiger partial charge on any atom is -0.448 e. The van der Waals surface area contributed by atoms with Crippen molar-refractivity contribution in [3.63, 3.8) is 0 Å². The molecule has 0 spiro atoms. The van der Waals surface area contributed by atoms with Crippen LogP contribution in [0.1, 0.15) is 10.5 Å². The standard InChI is InChI=1S/C20H18BrN3O3/c1-26-10-9-24-16-13-19(21)27-18(16)12-17(24)20(25)22-14-5-4-6-15(11-14)23-7-2-3-8-23/h2-8,11-13H,9-10H2,1H3,(H,22,25). The molecule has 0 aliphatic rings. The van der Waals surface area contributed by atoms with Crippen molar-refractivity contribution in [1.82, 2.24) is 9.13 Å². The van der Waals surface area contributed by atoms with Crippen LogP contribution in [0, 0.1) is 0 Å². The molecule has 3 heterocycles. The maximum Gasteiger partial charge on any atom is 0.272 e. The first kappa shape index (κ1) is 17.6. The van der Waals surface area contributed by atoms with Crippen molar-refractivity contribution < 1.29 is 13.9 Å². The summed E-state index contributed by atoms with van der Waals surface area (Å²) < 4.78 is 15.3. The van der Waals surface area contributed by atoms with E-state index in [1.54, 1.807) is 13.2 Å². The van der Waals surface area contributed by atoms with E-state index in [2.05, 4.69) is 21.2 Å². The highest BCUT2D eigenvalue weighted by atomic mass is 79.9. The van der Waals surface area contributed by atoms with Crippen LogP contribution in [0.25, 0.3) is 16.8 Å². The molecule has 0 radical (unpaired) electrons. The van der Waals surface area contributed by atoms with Crippen LogP contribution >= 0.6 is 15.9 Å². The second kappa shape index (κ2) is 7.46. The number of hydrogen-bond donors (Lipinski definition) is 1. The fourth-order valence-electron chi connectivity index (χ4n) is 3.07. The van der Waals surface area contributed by atoms with Crippen LogP contribution in [0.5, 0.6) is 0 Å². The van der Waals surface area contributed by atoms with Gasteiger partial charge in [-0.1, -0.05) is 6.07 Å². The fourth-order valence-corrected chi connectivity index (χ4v) is 3.46. The number of rotatable bonds is 6. The predicted molar refractivity (Wildman–Crippen MR) is 108 cm³/mol. The normalized spacial score (nSPS) is 11.2. The molecule has 0 unspecified atom stereocenters. The Bertz CT molecular complexity index is 1080. The van der Waals surface area contributed by atoms with Gasteiger partial charge in [-0.2, -0.15) is 0 Å². The highest BCUT2D eigenvalue weighted by Crippen LogP contribution is 2.27. The van der Waals surface area contributed by atoms with Gasteiger partial charge in [-0.3, -0.25) is 4.79 Å². The largest absolute Gasteiger partial charge is 0.448 e. The van der Waals surface area contributed by atoms with Crippen molar-refractivity contribution in [2.45, 2.75) is 6.54 Å². The van der Waals surface area contributed by atoms with E-state index in [0.717, 1.165) is 16.9 Å². The number of halogens is 1. The molecular formula is C20H18BrN3O3. The van der Waals surface area contributed by atoms with Gasteiger partial charge in [0.2, 0.25) is 0 Å². The van der Waals surface area contributed by atoms with E-state index in [1.807, 2.05) is 64.0 Å². The number of methoxy groups -OCH3 is 1. The summed E-state index contributed by atoms with van der Waals surface area (Å²) in [5.41, 5.74) is 3.74. The monoisotopic (exact) mass is 427 g/mol. The molecule has 27 heavy (non-hydrogen) atoms. The second-order valence-electron chi connectivity index (χ2n) is 6.07. The van der Waals surface area contributed by atoms with Crippen molar-refractivity contribution in [3.05, 3.63) is 71.3 Å². The van der Waals surface area contributed by atoms with E-state index < -0.39 is 0 Å². The summed E-state index contributed by atoms with van der Waals surface area (Å²) in [7, 11) is 1.64. The van der Waals surface area contributed by atoms with Crippen molar-refractivity contribution in [3.8, 4) is 5.69 Å². The molecule has 138 valence electrons. The topological polar surface area (TPSA) is 61.3 Å². The number of nitrogens with one attached hydrogen (secondary N) is 1. The van der Waals surface area contributed by atoms with Crippen molar-refractivity contribution in [1.29, 1.82) is 0 Å². The van der Waals surface area contributed by atoms with Crippen LogP contribution in [0.2, 0.25) is 0 Å². The Labute approximate surface area is 164 Å². The van der Waals surface area contributed by atoms with Crippen LogP contribution in [-0.2, 0) is 11.3 Å². The second-order valence-corrected chi connectivity index (χ2v) is 6.85. The Hall–Kier alpha value is -2.77. The molecule has 0 fully saturated rings. The molecule has 0 saturated heterocycles. The van der Waals surface area contributed by atoms with Gasteiger partial charge < -0.3 is 23.6 Å². The van der Waals surface area contributed by atoms with Crippen LogP contribution in [-0.4, -0.2) is 28.8 Å². The molecule has 3 aromatic heterocycles. The number of carbonyl (C=O) groups is 1. The lowest BCUT2D eigenvalue weighted by atomic mass is 10.2. The van der Waals surface area contributed by atoms with Gasteiger partial charge in [-0.05, 0) is 46.3 Å². The minimum atomic E-state index is -0.196. The van der Waals surface area contributed by atoms with Crippen LogP contribution in [0.4, 0.5) is 5.69 Å². The molecule has 0 aliphatic carbocycles. The first-order valence-electron chi connectivity index (χ1n) is 8.48. The third-order valence-electron chi connectivity index (χ3n) is 4.32. The molecule has 1 amide bonds. The Morgan fingerprint density at radius 3 is 2.78 bits per heavy atom. The van der Waals surface area contributed by atoms with Crippen molar-refractivity contribution in [2.75, 3.05) is 19.0 Å². The number of aromatic nitrogens is 2. The number of benzene rings is 1. The Kier molecular flexibility index (Phi) is 4.87. The molecule has 1 N–H and O–H groups in total. The minimum absolute atomic E-state index is 0.196. The van der Waals surface area contributed by atoms with Crippen molar-refractivity contribution in [2.24, 2.45) is 0 Å². The van der Waals surface area contributed by atoms with Gasteiger partial charge in [0.1, 0.15) is 5.69 Å². The number of anilines is 1. The molecule has 4 aromatic rings. The number of amides is 1. The van der Waals surface area contributed by atoms with E-state index in [9.17, 15) is 4.79 Å². The number of fused-ring (bicyclic) bond motifs is 1. The summed E-state index contributed by atoms with van der Waals surface area (Å²) in [6, 6.07) is 15.2. The van der Waals surface area contributed by atoms with Crippen LogP contribution < -0.4 is 5.32 Å². The summed E-state index contributed by atoms with van der Waals surface area (Å²) in [4.78, 5) is 12.9. The van der Waals surface area contributed by atoms with Gasteiger partial charge in [-0.15, -0.1) is 0 Å². The summed E-state index contributed by atoms with van der Waals surface area (Å²) in [5.74, 6) is -0.196. The van der Waals surface area contributed by atoms with Gasteiger partial charge in [0.05, 0.1) is 12.1 Å². The van der Waals surface area contributed by atoms with E-state index in [-0.39, 0.29) is 5.91 Å². The highest BCUT2D eigenvalue weighted by molar-refractivity contribution is 9.10. The average molecular weight is 428 g/mol. The molecule has 6 nitrogen and oxygen atoms in total.